The SMILES string of the molecule is O=Cc1c(Br)ccnc1Br. The van der Waals surface area contributed by atoms with Gasteiger partial charge in [0.15, 0.2) is 6.29 Å². The van der Waals surface area contributed by atoms with Gasteiger partial charge in [-0.3, -0.25) is 4.79 Å². The average molecular weight is 265 g/mol. The second-order valence-corrected chi connectivity index (χ2v) is 3.22. The third-order valence-corrected chi connectivity index (χ3v) is 2.33. The van der Waals surface area contributed by atoms with Crippen LogP contribution in [0.15, 0.2) is 21.3 Å². The molecule has 0 saturated carbocycles. The summed E-state index contributed by atoms with van der Waals surface area (Å²) in [6.07, 6.45) is 2.36. The van der Waals surface area contributed by atoms with Gasteiger partial charge < -0.3 is 0 Å². The summed E-state index contributed by atoms with van der Waals surface area (Å²) < 4.78 is 1.32. The quantitative estimate of drug-likeness (QED) is 0.576. The molecule has 4 heteroatoms. The second-order valence-electron chi connectivity index (χ2n) is 1.62. The lowest BCUT2D eigenvalue weighted by Crippen LogP contribution is -1.86. The lowest BCUT2D eigenvalue weighted by atomic mass is 10.3. The van der Waals surface area contributed by atoms with E-state index in [0.717, 1.165) is 10.8 Å². The van der Waals surface area contributed by atoms with Gasteiger partial charge in [-0.25, -0.2) is 4.98 Å². The van der Waals surface area contributed by atoms with Crippen molar-refractivity contribution in [2.24, 2.45) is 0 Å². The van der Waals surface area contributed by atoms with Crippen LogP contribution in [0.25, 0.3) is 0 Å². The molecule has 0 atom stereocenters. The van der Waals surface area contributed by atoms with Crippen molar-refractivity contribution in [1.82, 2.24) is 4.98 Å². The monoisotopic (exact) mass is 263 g/mol. The van der Waals surface area contributed by atoms with Gasteiger partial charge in [0.2, 0.25) is 0 Å². The number of aromatic nitrogens is 1. The summed E-state index contributed by atoms with van der Waals surface area (Å²) in [5, 5.41) is 0. The van der Waals surface area contributed by atoms with Gasteiger partial charge >= 0.3 is 0 Å². The first-order valence-corrected chi connectivity index (χ1v) is 4.09. The Labute approximate surface area is 74.9 Å². The minimum absolute atomic E-state index is 0.544. The van der Waals surface area contributed by atoms with E-state index in [4.69, 9.17) is 0 Å². The van der Waals surface area contributed by atoms with Gasteiger partial charge in [0, 0.05) is 10.7 Å². The van der Waals surface area contributed by atoms with Crippen molar-refractivity contribution in [1.29, 1.82) is 0 Å². The summed E-state index contributed by atoms with van der Waals surface area (Å²) in [6, 6.07) is 1.72. The topological polar surface area (TPSA) is 30.0 Å². The van der Waals surface area contributed by atoms with Crippen molar-refractivity contribution in [2.75, 3.05) is 0 Å². The summed E-state index contributed by atoms with van der Waals surface area (Å²) in [6.45, 7) is 0. The van der Waals surface area contributed by atoms with Crippen molar-refractivity contribution >= 4 is 38.1 Å². The highest BCUT2D eigenvalue weighted by Crippen LogP contribution is 2.20. The molecule has 0 fully saturated rings. The zero-order valence-corrected chi connectivity index (χ0v) is 8.02. The Morgan fingerprint density at radius 1 is 1.50 bits per heavy atom. The first kappa shape index (κ1) is 7.88. The van der Waals surface area contributed by atoms with Gasteiger partial charge in [0.05, 0.1) is 5.56 Å². The van der Waals surface area contributed by atoms with Crippen LogP contribution < -0.4 is 0 Å². The summed E-state index contributed by atoms with van der Waals surface area (Å²) in [5.74, 6) is 0. The van der Waals surface area contributed by atoms with E-state index >= 15 is 0 Å². The summed E-state index contributed by atoms with van der Waals surface area (Å²) >= 11 is 6.34. The first-order valence-electron chi connectivity index (χ1n) is 2.51. The molecule has 0 unspecified atom stereocenters. The fourth-order valence-corrected chi connectivity index (χ4v) is 1.62. The highest BCUT2D eigenvalue weighted by atomic mass is 79.9. The van der Waals surface area contributed by atoms with E-state index in [1.54, 1.807) is 12.3 Å². The first-order chi connectivity index (χ1) is 4.75. The van der Waals surface area contributed by atoms with Crippen LogP contribution in [-0.2, 0) is 0 Å². The van der Waals surface area contributed by atoms with Gasteiger partial charge in [-0.2, -0.15) is 0 Å². The highest BCUT2D eigenvalue weighted by molar-refractivity contribution is 9.11. The summed E-state index contributed by atoms with van der Waals surface area (Å²) in [4.78, 5) is 14.2. The number of aldehydes is 1. The molecule has 1 aromatic rings. The average Bonchev–Trinajstić information content (AvgIpc) is 1.88. The summed E-state index contributed by atoms with van der Waals surface area (Å²) in [5.41, 5.74) is 0.544. The van der Waals surface area contributed by atoms with Gasteiger partial charge in [-0.15, -0.1) is 0 Å². The van der Waals surface area contributed by atoms with Gasteiger partial charge in [0.25, 0.3) is 0 Å². The van der Waals surface area contributed by atoms with Crippen LogP contribution in [-0.4, -0.2) is 11.3 Å². The van der Waals surface area contributed by atoms with Gasteiger partial charge in [-0.05, 0) is 37.9 Å². The Hall–Kier alpha value is -0.220. The van der Waals surface area contributed by atoms with Crippen LogP contribution in [0.5, 0.6) is 0 Å². The minimum atomic E-state index is 0.544. The van der Waals surface area contributed by atoms with E-state index in [0.29, 0.717) is 10.2 Å². The minimum Gasteiger partial charge on any atom is -0.298 e. The van der Waals surface area contributed by atoms with Crippen molar-refractivity contribution in [3.63, 3.8) is 0 Å². The maximum atomic E-state index is 10.3. The highest BCUT2D eigenvalue weighted by Gasteiger charge is 2.02. The fraction of sp³-hybridized carbons (Fsp3) is 0. The number of rotatable bonds is 1. The number of carbonyl (C=O) groups excluding carboxylic acids is 1. The summed E-state index contributed by atoms with van der Waals surface area (Å²) in [7, 11) is 0. The zero-order chi connectivity index (χ0) is 7.56. The zero-order valence-electron chi connectivity index (χ0n) is 4.84. The molecule has 0 spiro atoms. The predicted octanol–water partition coefficient (Wildman–Crippen LogP) is 2.42. The van der Waals surface area contributed by atoms with Crippen molar-refractivity contribution < 1.29 is 4.79 Å². The Balaban J connectivity index is 3.30. The maximum absolute atomic E-state index is 10.3. The molecule has 0 saturated heterocycles. The normalized spacial score (nSPS) is 9.40. The van der Waals surface area contributed by atoms with Crippen LogP contribution in [0.1, 0.15) is 10.4 Å². The number of pyridine rings is 1. The van der Waals surface area contributed by atoms with E-state index in [9.17, 15) is 4.79 Å². The Kier molecular flexibility index (Phi) is 2.56. The van der Waals surface area contributed by atoms with Crippen molar-refractivity contribution in [3.8, 4) is 0 Å². The smallest absolute Gasteiger partial charge is 0.153 e. The van der Waals surface area contributed by atoms with Crippen molar-refractivity contribution in [3.05, 3.63) is 26.9 Å². The van der Waals surface area contributed by atoms with Crippen molar-refractivity contribution in [2.45, 2.75) is 0 Å². The molecule has 1 aromatic heterocycles. The lowest BCUT2D eigenvalue weighted by molar-refractivity contribution is 0.112. The van der Waals surface area contributed by atoms with Gasteiger partial charge in [0.1, 0.15) is 4.60 Å². The molecule has 0 amide bonds. The third kappa shape index (κ3) is 1.44. The maximum Gasteiger partial charge on any atom is 0.153 e. The largest absolute Gasteiger partial charge is 0.298 e. The van der Waals surface area contributed by atoms with Crippen LogP contribution in [0, 0.1) is 0 Å². The number of nitrogens with zero attached hydrogens (tertiary/aromatic N) is 1. The van der Waals surface area contributed by atoms with Gasteiger partial charge in [-0.1, -0.05) is 0 Å². The molecule has 1 rings (SSSR count). The molecule has 0 aliphatic heterocycles. The van der Waals surface area contributed by atoms with E-state index in [1.807, 2.05) is 0 Å². The molecule has 0 aliphatic rings. The van der Waals surface area contributed by atoms with E-state index in [-0.39, 0.29) is 0 Å². The molecule has 1 heterocycles. The molecule has 10 heavy (non-hydrogen) atoms. The van der Waals surface area contributed by atoms with E-state index < -0.39 is 0 Å². The van der Waals surface area contributed by atoms with E-state index in [2.05, 4.69) is 36.8 Å². The number of carbonyl (C=O) groups is 1. The molecule has 0 bridgehead atoms. The number of hydrogen-bond donors (Lipinski definition) is 0. The van der Waals surface area contributed by atoms with Crippen LogP contribution >= 0.6 is 31.9 Å². The van der Waals surface area contributed by atoms with E-state index in [1.165, 1.54) is 0 Å². The fourth-order valence-electron chi connectivity index (χ4n) is 0.531. The Morgan fingerprint density at radius 3 is 2.60 bits per heavy atom. The molecule has 52 valence electrons. The Morgan fingerprint density at radius 2 is 2.20 bits per heavy atom. The second kappa shape index (κ2) is 3.25. The molecule has 0 aromatic carbocycles. The molecule has 0 radical (unpaired) electrons. The molecule has 2 nitrogen and oxygen atoms in total. The lowest BCUT2D eigenvalue weighted by Gasteiger charge is -1.95. The standard InChI is InChI=1S/C6H3Br2NO/c7-5-1-2-9-6(8)4(5)3-10/h1-3H. The van der Waals surface area contributed by atoms with Crippen LogP contribution in [0.4, 0.5) is 0 Å². The third-order valence-electron chi connectivity index (χ3n) is 1.01. The Bertz CT molecular complexity index is 242. The molecular weight excluding hydrogens is 262 g/mol. The molecular formula is C6H3Br2NO. The number of hydrogen-bond acceptors (Lipinski definition) is 2. The van der Waals surface area contributed by atoms with Crippen LogP contribution in [0.3, 0.4) is 0 Å². The molecule has 0 aliphatic carbocycles. The molecule has 0 N–H and O–H groups in total. The number of halogens is 2. The van der Waals surface area contributed by atoms with Crippen LogP contribution in [0.2, 0.25) is 0 Å². The predicted molar refractivity (Wildman–Crippen MR) is 45.0 cm³/mol.